The topological polar surface area (TPSA) is 9.23 Å². The monoisotopic (exact) mass is 408 g/mol. The van der Waals surface area contributed by atoms with E-state index in [9.17, 15) is 13.2 Å². The lowest BCUT2D eigenvalue weighted by molar-refractivity contribution is 0.273. The highest BCUT2D eigenvalue weighted by atomic mass is 79.9. The Balaban J connectivity index is 2.18. The summed E-state index contributed by atoms with van der Waals surface area (Å²) in [6.07, 6.45) is 0. The summed E-state index contributed by atoms with van der Waals surface area (Å²) < 4.78 is 46.2. The van der Waals surface area contributed by atoms with Gasteiger partial charge in [0.1, 0.15) is 12.4 Å². The molecule has 0 saturated carbocycles. The van der Waals surface area contributed by atoms with E-state index in [1.54, 1.807) is 6.07 Å². The molecule has 2 aromatic carbocycles. The molecular formula is C14H9Br2F3O. The molecule has 0 spiro atoms. The van der Waals surface area contributed by atoms with Crippen LogP contribution in [0.4, 0.5) is 13.2 Å². The van der Waals surface area contributed by atoms with Crippen LogP contribution in [0.25, 0.3) is 0 Å². The highest BCUT2D eigenvalue weighted by Crippen LogP contribution is 2.26. The zero-order valence-electron chi connectivity index (χ0n) is 10.1. The summed E-state index contributed by atoms with van der Waals surface area (Å²) in [6, 6.07) is 6.53. The van der Waals surface area contributed by atoms with Crippen molar-refractivity contribution < 1.29 is 17.9 Å². The van der Waals surface area contributed by atoms with Crippen molar-refractivity contribution in [2.75, 3.05) is 0 Å². The highest BCUT2D eigenvalue weighted by molar-refractivity contribution is 9.10. The van der Waals surface area contributed by atoms with Crippen LogP contribution < -0.4 is 4.74 Å². The van der Waals surface area contributed by atoms with Gasteiger partial charge in [0.05, 0.1) is 0 Å². The van der Waals surface area contributed by atoms with Gasteiger partial charge in [-0.1, -0.05) is 31.9 Å². The van der Waals surface area contributed by atoms with E-state index in [2.05, 4.69) is 31.9 Å². The Hall–Kier alpha value is -1.01. The van der Waals surface area contributed by atoms with Crippen molar-refractivity contribution in [2.45, 2.75) is 11.9 Å². The Morgan fingerprint density at radius 1 is 0.900 bits per heavy atom. The first kappa shape index (κ1) is 15.4. The quantitative estimate of drug-likeness (QED) is 0.619. The number of hydrogen-bond donors (Lipinski definition) is 0. The van der Waals surface area contributed by atoms with Gasteiger partial charge in [-0.2, -0.15) is 0 Å². The minimum absolute atomic E-state index is 0.127. The molecule has 0 fully saturated rings. The van der Waals surface area contributed by atoms with Crippen LogP contribution in [-0.4, -0.2) is 0 Å². The first-order chi connectivity index (χ1) is 9.49. The van der Waals surface area contributed by atoms with Crippen molar-refractivity contribution in [3.63, 3.8) is 0 Å². The Morgan fingerprint density at radius 2 is 1.55 bits per heavy atom. The van der Waals surface area contributed by atoms with Crippen LogP contribution in [0.15, 0.2) is 34.8 Å². The molecule has 0 aliphatic carbocycles. The van der Waals surface area contributed by atoms with Crippen molar-refractivity contribution in [3.8, 4) is 5.75 Å². The van der Waals surface area contributed by atoms with Gasteiger partial charge in [-0.15, -0.1) is 0 Å². The van der Waals surface area contributed by atoms with Crippen LogP contribution in [0.3, 0.4) is 0 Å². The molecule has 20 heavy (non-hydrogen) atoms. The van der Waals surface area contributed by atoms with Gasteiger partial charge >= 0.3 is 0 Å². The number of ether oxygens (including phenoxy) is 1. The minimum Gasteiger partial charge on any atom is -0.483 e. The summed E-state index contributed by atoms with van der Waals surface area (Å²) >= 11 is 6.26. The summed E-state index contributed by atoms with van der Waals surface area (Å²) in [5.41, 5.74) is 0.945. The van der Waals surface area contributed by atoms with Gasteiger partial charge in [-0.3, -0.25) is 0 Å². The predicted molar refractivity (Wildman–Crippen MR) is 77.4 cm³/mol. The minimum atomic E-state index is -0.782. The van der Waals surface area contributed by atoms with E-state index in [0.717, 1.165) is 0 Å². The van der Waals surface area contributed by atoms with Gasteiger partial charge in [0, 0.05) is 9.80 Å². The fraction of sp³-hybridized carbons (Fsp3) is 0.143. The molecule has 0 bridgehead atoms. The molecule has 0 radical (unpaired) electrons. The van der Waals surface area contributed by atoms with Crippen molar-refractivity contribution in [1.29, 1.82) is 0 Å². The SMILES string of the molecule is Fc1cc(Br)cc(COc2c(F)cc(CBr)cc2F)c1. The summed E-state index contributed by atoms with van der Waals surface area (Å²) in [5.74, 6) is -2.48. The maximum atomic E-state index is 13.7. The van der Waals surface area contributed by atoms with Crippen LogP contribution >= 0.6 is 31.9 Å². The zero-order chi connectivity index (χ0) is 14.7. The number of alkyl halides is 1. The molecule has 0 saturated heterocycles. The molecule has 0 aliphatic heterocycles. The lowest BCUT2D eigenvalue weighted by atomic mass is 10.2. The van der Waals surface area contributed by atoms with Gasteiger partial charge in [-0.05, 0) is 41.5 Å². The van der Waals surface area contributed by atoms with E-state index >= 15 is 0 Å². The van der Waals surface area contributed by atoms with E-state index in [1.165, 1.54) is 24.3 Å². The molecule has 0 N–H and O–H groups in total. The fourth-order valence-corrected chi connectivity index (χ4v) is 2.51. The molecule has 0 aromatic heterocycles. The maximum Gasteiger partial charge on any atom is 0.191 e. The third kappa shape index (κ3) is 3.76. The molecule has 0 amide bonds. The zero-order valence-corrected chi connectivity index (χ0v) is 13.3. The Bertz CT molecular complexity index is 589. The van der Waals surface area contributed by atoms with E-state index in [-0.39, 0.29) is 6.61 Å². The molecule has 1 nitrogen and oxygen atoms in total. The third-order valence-electron chi connectivity index (χ3n) is 2.52. The second-order valence-corrected chi connectivity index (χ2v) is 5.57. The van der Waals surface area contributed by atoms with Gasteiger partial charge in [-0.25, -0.2) is 13.2 Å². The third-order valence-corrected chi connectivity index (χ3v) is 3.62. The van der Waals surface area contributed by atoms with Gasteiger partial charge in [0.25, 0.3) is 0 Å². The van der Waals surface area contributed by atoms with Gasteiger partial charge in [0.2, 0.25) is 0 Å². The molecule has 6 heteroatoms. The van der Waals surface area contributed by atoms with Gasteiger partial charge < -0.3 is 4.74 Å². The Labute approximate surface area is 131 Å². The first-order valence-corrected chi connectivity index (χ1v) is 7.52. The number of halogens is 5. The largest absolute Gasteiger partial charge is 0.483 e. The summed E-state index contributed by atoms with van der Waals surface area (Å²) in [7, 11) is 0. The number of hydrogen-bond acceptors (Lipinski definition) is 1. The number of benzene rings is 2. The van der Waals surface area contributed by atoms with Crippen molar-refractivity contribution in [1.82, 2.24) is 0 Å². The normalized spacial score (nSPS) is 10.7. The van der Waals surface area contributed by atoms with E-state index < -0.39 is 23.2 Å². The van der Waals surface area contributed by atoms with E-state index in [1.807, 2.05) is 0 Å². The average Bonchev–Trinajstić information content (AvgIpc) is 2.36. The molecular weight excluding hydrogens is 401 g/mol. The van der Waals surface area contributed by atoms with E-state index in [4.69, 9.17) is 4.74 Å². The second-order valence-electron chi connectivity index (χ2n) is 4.09. The highest BCUT2D eigenvalue weighted by Gasteiger charge is 2.13. The van der Waals surface area contributed by atoms with Gasteiger partial charge in [0.15, 0.2) is 17.4 Å². The molecule has 0 unspecified atom stereocenters. The van der Waals surface area contributed by atoms with E-state index in [0.29, 0.717) is 20.9 Å². The summed E-state index contributed by atoms with van der Waals surface area (Å²) in [5, 5.41) is 0.345. The van der Waals surface area contributed by atoms with Crippen molar-refractivity contribution in [2.24, 2.45) is 0 Å². The summed E-state index contributed by atoms with van der Waals surface area (Å²) in [4.78, 5) is 0. The fourth-order valence-electron chi connectivity index (χ4n) is 1.68. The van der Waals surface area contributed by atoms with Crippen LogP contribution in [-0.2, 0) is 11.9 Å². The molecule has 0 atom stereocenters. The second kappa shape index (κ2) is 6.63. The lowest BCUT2D eigenvalue weighted by Gasteiger charge is -2.10. The van der Waals surface area contributed by atoms with Crippen LogP contribution in [0.1, 0.15) is 11.1 Å². The van der Waals surface area contributed by atoms with Crippen molar-refractivity contribution in [3.05, 3.63) is 63.4 Å². The summed E-state index contributed by atoms with van der Waals surface area (Å²) in [6.45, 7) is -0.127. The maximum absolute atomic E-state index is 13.7. The molecule has 2 aromatic rings. The Kier molecular flexibility index (Phi) is 5.10. The average molecular weight is 410 g/mol. The predicted octanol–water partition coefficient (Wildman–Crippen LogP) is 5.34. The number of rotatable bonds is 4. The molecule has 0 aliphatic rings. The van der Waals surface area contributed by atoms with Crippen molar-refractivity contribution >= 4 is 31.9 Å². The molecule has 106 valence electrons. The Morgan fingerprint density at radius 3 is 2.10 bits per heavy atom. The standard InChI is InChI=1S/C14H9Br2F3O/c15-6-8-3-12(18)14(13(19)4-8)20-7-9-1-10(16)5-11(17)2-9/h1-5H,6-7H2. The van der Waals surface area contributed by atoms with Crippen LogP contribution in [0.5, 0.6) is 5.75 Å². The first-order valence-electron chi connectivity index (χ1n) is 5.61. The van der Waals surface area contributed by atoms with Crippen LogP contribution in [0, 0.1) is 17.5 Å². The van der Waals surface area contributed by atoms with Crippen LogP contribution in [0.2, 0.25) is 0 Å². The smallest absolute Gasteiger partial charge is 0.191 e. The molecule has 0 heterocycles. The molecule has 2 rings (SSSR count). The lowest BCUT2D eigenvalue weighted by Crippen LogP contribution is -2.01.